The van der Waals surface area contributed by atoms with E-state index in [1.54, 1.807) is 27.0 Å². The molecule has 1 heterocycles. The van der Waals surface area contributed by atoms with Crippen LogP contribution < -0.4 is 5.43 Å². The fraction of sp³-hybridized carbons (Fsp3) is 0.353. The van der Waals surface area contributed by atoms with Gasteiger partial charge in [0.1, 0.15) is 17.4 Å². The second kappa shape index (κ2) is 8.18. The lowest BCUT2D eigenvalue weighted by Gasteiger charge is -2.11. The molecule has 132 valence electrons. The van der Waals surface area contributed by atoms with Crippen molar-refractivity contribution in [3.63, 3.8) is 0 Å². The quantitative estimate of drug-likeness (QED) is 0.474. The van der Waals surface area contributed by atoms with Gasteiger partial charge < -0.3 is 0 Å². The summed E-state index contributed by atoms with van der Waals surface area (Å²) < 4.78 is 1.35. The van der Waals surface area contributed by atoms with Gasteiger partial charge in [-0.05, 0) is 39.2 Å². The number of aromatic nitrogens is 2. The van der Waals surface area contributed by atoms with Crippen LogP contribution in [-0.2, 0) is 11.2 Å². The highest BCUT2D eigenvalue weighted by atomic mass is 16.6. The largest absolute Gasteiger partial charge is 0.312 e. The van der Waals surface area contributed by atoms with Crippen LogP contribution >= 0.6 is 0 Å². The standard InChI is InChI=1S/C17H21N5O3/c1-12-16(22(24)25)13(2)21(20-12)14(3)17(23)19-18-11-7-10-15-8-5-4-6-9-15/h4-6,8-9,11,14H,7,10H2,1-3H3,(H,19,23)/b18-11+. The molecule has 0 radical (unpaired) electrons. The van der Waals surface area contributed by atoms with Crippen molar-refractivity contribution < 1.29 is 9.72 Å². The van der Waals surface area contributed by atoms with Crippen LogP contribution in [0.15, 0.2) is 35.4 Å². The molecule has 0 aliphatic carbocycles. The number of rotatable bonds is 7. The summed E-state index contributed by atoms with van der Waals surface area (Å²) in [6, 6.07) is 9.28. The Kier molecular flexibility index (Phi) is 5.99. The first-order valence-corrected chi connectivity index (χ1v) is 7.97. The summed E-state index contributed by atoms with van der Waals surface area (Å²) in [5.41, 5.74) is 4.22. The van der Waals surface area contributed by atoms with Gasteiger partial charge in [0, 0.05) is 6.21 Å². The molecule has 0 saturated carbocycles. The molecule has 0 aliphatic heterocycles. The molecule has 0 fully saturated rings. The van der Waals surface area contributed by atoms with E-state index in [1.165, 1.54) is 10.2 Å². The highest BCUT2D eigenvalue weighted by Crippen LogP contribution is 2.24. The van der Waals surface area contributed by atoms with Gasteiger partial charge in [-0.3, -0.25) is 19.6 Å². The van der Waals surface area contributed by atoms with Crippen molar-refractivity contribution in [3.05, 3.63) is 57.4 Å². The summed E-state index contributed by atoms with van der Waals surface area (Å²) in [5, 5.41) is 19.1. The van der Waals surface area contributed by atoms with Crippen LogP contribution in [0.4, 0.5) is 5.69 Å². The average molecular weight is 343 g/mol. The zero-order valence-electron chi connectivity index (χ0n) is 14.5. The maximum absolute atomic E-state index is 12.2. The second-order valence-electron chi connectivity index (χ2n) is 5.71. The smallest absolute Gasteiger partial charge is 0.271 e. The minimum atomic E-state index is -0.696. The van der Waals surface area contributed by atoms with Crippen molar-refractivity contribution >= 4 is 17.8 Å². The van der Waals surface area contributed by atoms with E-state index < -0.39 is 11.0 Å². The van der Waals surface area contributed by atoms with Crippen molar-refractivity contribution in [2.75, 3.05) is 0 Å². The number of hydrazone groups is 1. The zero-order chi connectivity index (χ0) is 18.4. The Bertz CT molecular complexity index is 783. The Hall–Kier alpha value is -3.03. The molecule has 2 rings (SSSR count). The predicted molar refractivity (Wildman–Crippen MR) is 94.5 cm³/mol. The molecule has 8 heteroatoms. The van der Waals surface area contributed by atoms with Gasteiger partial charge in [-0.25, -0.2) is 5.43 Å². The SMILES string of the molecule is Cc1nn(C(C)C(=O)N/N=C/CCc2ccccc2)c(C)c1[N+](=O)[O-]. The van der Waals surface area contributed by atoms with E-state index in [9.17, 15) is 14.9 Å². The molecule has 1 aromatic heterocycles. The summed E-state index contributed by atoms with van der Waals surface area (Å²) in [6.45, 7) is 4.75. The van der Waals surface area contributed by atoms with Crippen LogP contribution in [-0.4, -0.2) is 26.8 Å². The number of aryl methyl sites for hydroxylation is 2. The molecule has 1 unspecified atom stereocenters. The Morgan fingerprint density at radius 3 is 2.68 bits per heavy atom. The number of carbonyl (C=O) groups is 1. The third kappa shape index (κ3) is 4.50. The number of carbonyl (C=O) groups excluding carboxylic acids is 1. The van der Waals surface area contributed by atoms with Crippen LogP contribution in [0.5, 0.6) is 0 Å². The van der Waals surface area contributed by atoms with E-state index >= 15 is 0 Å². The highest BCUT2D eigenvalue weighted by Gasteiger charge is 2.26. The molecule has 0 saturated heterocycles. The number of benzene rings is 1. The maximum atomic E-state index is 12.2. The molecule has 1 aromatic carbocycles. The Labute approximate surface area is 145 Å². The number of nitrogens with zero attached hydrogens (tertiary/aromatic N) is 4. The van der Waals surface area contributed by atoms with Gasteiger partial charge in [-0.15, -0.1) is 0 Å². The minimum absolute atomic E-state index is 0.0639. The van der Waals surface area contributed by atoms with Gasteiger partial charge in [-0.2, -0.15) is 10.2 Å². The Morgan fingerprint density at radius 2 is 2.08 bits per heavy atom. The van der Waals surface area contributed by atoms with Gasteiger partial charge in [0.05, 0.1) is 4.92 Å². The number of amides is 1. The van der Waals surface area contributed by atoms with E-state index in [0.717, 1.165) is 6.42 Å². The summed E-state index contributed by atoms with van der Waals surface area (Å²) in [4.78, 5) is 22.7. The lowest BCUT2D eigenvalue weighted by atomic mass is 10.1. The second-order valence-corrected chi connectivity index (χ2v) is 5.71. The number of hydrogen-bond donors (Lipinski definition) is 1. The van der Waals surface area contributed by atoms with E-state index in [0.29, 0.717) is 12.1 Å². The maximum Gasteiger partial charge on any atom is 0.312 e. The van der Waals surface area contributed by atoms with E-state index in [4.69, 9.17) is 0 Å². The molecule has 1 amide bonds. The van der Waals surface area contributed by atoms with Gasteiger partial charge in [0.15, 0.2) is 0 Å². The van der Waals surface area contributed by atoms with Crippen molar-refractivity contribution in [2.24, 2.45) is 5.10 Å². The summed E-state index contributed by atoms with van der Waals surface area (Å²) >= 11 is 0. The summed E-state index contributed by atoms with van der Waals surface area (Å²) in [7, 11) is 0. The molecule has 8 nitrogen and oxygen atoms in total. The van der Waals surface area contributed by atoms with Crippen molar-refractivity contribution in [1.82, 2.24) is 15.2 Å². The van der Waals surface area contributed by atoms with Crippen LogP contribution in [0.1, 0.15) is 36.3 Å². The lowest BCUT2D eigenvalue weighted by Crippen LogP contribution is -2.28. The molecule has 1 atom stereocenters. The fourth-order valence-corrected chi connectivity index (χ4v) is 2.55. The lowest BCUT2D eigenvalue weighted by molar-refractivity contribution is -0.386. The first kappa shape index (κ1) is 18.3. The third-order valence-electron chi connectivity index (χ3n) is 3.89. The molecule has 2 aromatic rings. The monoisotopic (exact) mass is 343 g/mol. The topological polar surface area (TPSA) is 102 Å². The van der Waals surface area contributed by atoms with E-state index in [-0.39, 0.29) is 17.3 Å². The average Bonchev–Trinajstić information content (AvgIpc) is 2.89. The third-order valence-corrected chi connectivity index (χ3v) is 3.89. The molecule has 1 N–H and O–H groups in total. The molecular formula is C17H21N5O3. The normalized spacial score (nSPS) is 12.3. The van der Waals surface area contributed by atoms with E-state index in [2.05, 4.69) is 15.6 Å². The summed E-state index contributed by atoms with van der Waals surface area (Å²) in [6.07, 6.45) is 3.17. The first-order valence-electron chi connectivity index (χ1n) is 7.97. The fourth-order valence-electron chi connectivity index (χ4n) is 2.55. The highest BCUT2D eigenvalue weighted by molar-refractivity contribution is 5.80. The predicted octanol–water partition coefficient (Wildman–Crippen LogP) is 2.70. The molecule has 0 bridgehead atoms. The van der Waals surface area contributed by atoms with Crippen LogP contribution in [0.2, 0.25) is 0 Å². The summed E-state index contributed by atoms with van der Waals surface area (Å²) in [5.74, 6) is -0.378. The van der Waals surface area contributed by atoms with Crippen molar-refractivity contribution in [2.45, 2.75) is 39.7 Å². The van der Waals surface area contributed by atoms with Crippen LogP contribution in [0, 0.1) is 24.0 Å². The number of nitro groups is 1. The Balaban J connectivity index is 1.91. The minimum Gasteiger partial charge on any atom is -0.271 e. The number of hydrogen-bond acceptors (Lipinski definition) is 5. The van der Waals surface area contributed by atoms with Gasteiger partial charge >= 0.3 is 5.69 Å². The number of nitrogens with one attached hydrogen (secondary N) is 1. The molecular weight excluding hydrogens is 322 g/mol. The van der Waals surface area contributed by atoms with Crippen molar-refractivity contribution in [3.8, 4) is 0 Å². The molecule has 0 aliphatic rings. The van der Waals surface area contributed by atoms with Crippen LogP contribution in [0.25, 0.3) is 0 Å². The van der Waals surface area contributed by atoms with Gasteiger partial charge in [-0.1, -0.05) is 30.3 Å². The molecule has 25 heavy (non-hydrogen) atoms. The first-order chi connectivity index (χ1) is 11.9. The van der Waals surface area contributed by atoms with E-state index in [1.807, 2.05) is 30.3 Å². The van der Waals surface area contributed by atoms with Crippen LogP contribution in [0.3, 0.4) is 0 Å². The zero-order valence-corrected chi connectivity index (χ0v) is 14.5. The van der Waals surface area contributed by atoms with Gasteiger partial charge in [0.25, 0.3) is 5.91 Å². The molecule has 0 spiro atoms. The van der Waals surface area contributed by atoms with Crippen molar-refractivity contribution in [1.29, 1.82) is 0 Å². The van der Waals surface area contributed by atoms with Gasteiger partial charge in [0.2, 0.25) is 0 Å². The Morgan fingerprint density at radius 1 is 1.40 bits per heavy atom.